The summed E-state index contributed by atoms with van der Waals surface area (Å²) in [5.74, 6) is 0. The lowest BCUT2D eigenvalue weighted by atomic mass is 9.82. The zero-order valence-corrected chi connectivity index (χ0v) is 26.6. The van der Waals surface area contributed by atoms with E-state index < -0.39 is 0 Å². The van der Waals surface area contributed by atoms with E-state index in [1.54, 1.807) is 0 Å². The van der Waals surface area contributed by atoms with Gasteiger partial charge in [-0.3, -0.25) is 0 Å². The van der Waals surface area contributed by atoms with Crippen LogP contribution < -0.4 is 4.90 Å². The topological polar surface area (TPSA) is 8.17 Å². The number of hydrogen-bond acceptors (Lipinski definition) is 1. The standard InChI is InChI=1S/C45H34N2/c1-45(2)39-24-12-9-21-35(39)36-29-28-33(30-40(36)45)46(41-25-13-10-20-34(41)31-16-5-3-6-17-31)43-27-15-23-38-37-22-11-14-26-42(37)47(44(38)43)32-18-7-4-8-19-32/h3-30H,1-2H3. The van der Waals surface area contributed by atoms with Crippen LogP contribution in [-0.4, -0.2) is 4.57 Å². The van der Waals surface area contributed by atoms with Crippen molar-refractivity contribution >= 4 is 38.9 Å². The van der Waals surface area contributed by atoms with Crippen LogP contribution in [0.4, 0.5) is 17.1 Å². The number of rotatable bonds is 5. The van der Waals surface area contributed by atoms with Gasteiger partial charge in [0.25, 0.3) is 0 Å². The molecule has 1 aliphatic carbocycles. The van der Waals surface area contributed by atoms with Crippen LogP contribution in [0.15, 0.2) is 170 Å². The van der Waals surface area contributed by atoms with Crippen LogP contribution in [-0.2, 0) is 5.41 Å². The number of hydrogen-bond donors (Lipinski definition) is 0. The van der Waals surface area contributed by atoms with E-state index in [4.69, 9.17) is 0 Å². The highest BCUT2D eigenvalue weighted by Crippen LogP contribution is 2.52. The van der Waals surface area contributed by atoms with Gasteiger partial charge in [0.2, 0.25) is 0 Å². The van der Waals surface area contributed by atoms with E-state index in [0.717, 1.165) is 22.7 Å². The van der Waals surface area contributed by atoms with Crippen LogP contribution in [0.5, 0.6) is 0 Å². The summed E-state index contributed by atoms with van der Waals surface area (Å²) in [5.41, 5.74) is 14.6. The summed E-state index contributed by atoms with van der Waals surface area (Å²) in [5, 5.41) is 2.48. The molecule has 7 aromatic carbocycles. The van der Waals surface area contributed by atoms with Gasteiger partial charge >= 0.3 is 0 Å². The lowest BCUT2D eigenvalue weighted by Crippen LogP contribution is -2.17. The summed E-state index contributed by atoms with van der Waals surface area (Å²) in [4.78, 5) is 2.49. The largest absolute Gasteiger partial charge is 0.308 e. The molecule has 0 N–H and O–H groups in total. The Morgan fingerprint density at radius 3 is 1.91 bits per heavy atom. The molecule has 0 atom stereocenters. The number of para-hydroxylation sites is 4. The monoisotopic (exact) mass is 602 g/mol. The van der Waals surface area contributed by atoms with Crippen molar-refractivity contribution in [2.24, 2.45) is 0 Å². The lowest BCUT2D eigenvalue weighted by molar-refractivity contribution is 0.660. The van der Waals surface area contributed by atoms with E-state index in [1.807, 2.05) is 0 Å². The van der Waals surface area contributed by atoms with Gasteiger partial charge in [0, 0.05) is 33.1 Å². The number of anilines is 3. The van der Waals surface area contributed by atoms with Gasteiger partial charge in [0.15, 0.2) is 0 Å². The Labute approximate surface area is 275 Å². The minimum atomic E-state index is -0.114. The number of aromatic nitrogens is 1. The maximum absolute atomic E-state index is 2.49. The smallest absolute Gasteiger partial charge is 0.0782 e. The molecule has 1 aromatic heterocycles. The summed E-state index contributed by atoms with van der Waals surface area (Å²) in [7, 11) is 0. The van der Waals surface area contributed by atoms with Crippen molar-refractivity contribution in [3.8, 4) is 27.9 Å². The molecule has 0 fully saturated rings. The molecule has 0 aliphatic heterocycles. The predicted octanol–water partition coefficient (Wildman–Crippen LogP) is 12.2. The van der Waals surface area contributed by atoms with Crippen molar-refractivity contribution in [3.05, 3.63) is 181 Å². The highest BCUT2D eigenvalue weighted by Gasteiger charge is 2.36. The molecule has 0 saturated heterocycles. The zero-order valence-electron chi connectivity index (χ0n) is 26.6. The first-order chi connectivity index (χ1) is 23.1. The molecule has 0 saturated carbocycles. The second-order valence-corrected chi connectivity index (χ2v) is 13.0. The van der Waals surface area contributed by atoms with Gasteiger partial charge < -0.3 is 9.47 Å². The minimum absolute atomic E-state index is 0.114. The molecule has 1 heterocycles. The van der Waals surface area contributed by atoms with Crippen LogP contribution >= 0.6 is 0 Å². The van der Waals surface area contributed by atoms with Crippen molar-refractivity contribution in [2.45, 2.75) is 19.3 Å². The van der Waals surface area contributed by atoms with Gasteiger partial charge in [-0.25, -0.2) is 0 Å². The minimum Gasteiger partial charge on any atom is -0.308 e. The third-order valence-electron chi connectivity index (χ3n) is 9.98. The summed E-state index contributed by atoms with van der Waals surface area (Å²) < 4.78 is 2.44. The fourth-order valence-corrected chi connectivity index (χ4v) is 7.80. The van der Waals surface area contributed by atoms with Crippen LogP contribution in [0, 0.1) is 0 Å². The molecule has 2 nitrogen and oxygen atoms in total. The van der Waals surface area contributed by atoms with Gasteiger partial charge in [-0.2, -0.15) is 0 Å². The van der Waals surface area contributed by atoms with Crippen molar-refractivity contribution in [3.63, 3.8) is 0 Å². The first-order valence-electron chi connectivity index (χ1n) is 16.4. The van der Waals surface area contributed by atoms with Crippen LogP contribution in [0.1, 0.15) is 25.0 Å². The molecule has 0 spiro atoms. The van der Waals surface area contributed by atoms with Crippen LogP contribution in [0.25, 0.3) is 49.7 Å². The summed E-state index contributed by atoms with van der Waals surface area (Å²) in [6, 6.07) is 61.8. The van der Waals surface area contributed by atoms with E-state index in [0.29, 0.717) is 0 Å². The summed E-state index contributed by atoms with van der Waals surface area (Å²) in [6.45, 7) is 4.72. The molecule has 0 unspecified atom stereocenters. The Morgan fingerprint density at radius 2 is 1.09 bits per heavy atom. The normalized spacial score (nSPS) is 13.1. The highest BCUT2D eigenvalue weighted by molar-refractivity contribution is 6.14. The second-order valence-electron chi connectivity index (χ2n) is 13.0. The molecular formula is C45H34N2. The molecule has 47 heavy (non-hydrogen) atoms. The van der Waals surface area contributed by atoms with E-state index in [-0.39, 0.29) is 5.41 Å². The average Bonchev–Trinajstić information content (AvgIpc) is 3.59. The third-order valence-corrected chi connectivity index (χ3v) is 9.98. The first-order valence-corrected chi connectivity index (χ1v) is 16.4. The Morgan fingerprint density at radius 1 is 0.468 bits per heavy atom. The number of fused-ring (bicyclic) bond motifs is 6. The molecule has 2 heteroatoms. The summed E-state index contributed by atoms with van der Waals surface area (Å²) >= 11 is 0. The maximum atomic E-state index is 2.49. The fourth-order valence-electron chi connectivity index (χ4n) is 7.80. The van der Waals surface area contributed by atoms with Gasteiger partial charge in [0.05, 0.1) is 22.4 Å². The Hall–Kier alpha value is -5.86. The third kappa shape index (κ3) is 4.18. The van der Waals surface area contributed by atoms with Crippen LogP contribution in [0.3, 0.4) is 0 Å². The molecule has 0 amide bonds. The predicted molar refractivity (Wildman–Crippen MR) is 198 cm³/mol. The van der Waals surface area contributed by atoms with Crippen molar-refractivity contribution in [1.82, 2.24) is 4.57 Å². The van der Waals surface area contributed by atoms with Crippen molar-refractivity contribution < 1.29 is 0 Å². The van der Waals surface area contributed by atoms with E-state index in [9.17, 15) is 0 Å². The van der Waals surface area contributed by atoms with E-state index >= 15 is 0 Å². The lowest BCUT2D eigenvalue weighted by Gasteiger charge is -2.30. The Kier molecular flexibility index (Phi) is 6.20. The van der Waals surface area contributed by atoms with E-state index in [1.165, 1.54) is 55.2 Å². The van der Waals surface area contributed by atoms with Crippen molar-refractivity contribution in [1.29, 1.82) is 0 Å². The molecule has 8 aromatic rings. The molecular weight excluding hydrogens is 569 g/mol. The van der Waals surface area contributed by atoms with E-state index in [2.05, 4.69) is 193 Å². The van der Waals surface area contributed by atoms with Gasteiger partial charge in [0.1, 0.15) is 0 Å². The zero-order chi connectivity index (χ0) is 31.5. The molecule has 0 bridgehead atoms. The van der Waals surface area contributed by atoms with Crippen LogP contribution in [0.2, 0.25) is 0 Å². The first kappa shape index (κ1) is 27.5. The Bertz CT molecular complexity index is 2430. The Balaban J connectivity index is 1.38. The quantitative estimate of drug-likeness (QED) is 0.190. The average molecular weight is 603 g/mol. The highest BCUT2D eigenvalue weighted by atomic mass is 15.2. The number of benzene rings is 7. The number of nitrogens with zero attached hydrogens (tertiary/aromatic N) is 2. The summed E-state index contributed by atoms with van der Waals surface area (Å²) in [6.07, 6.45) is 0. The van der Waals surface area contributed by atoms with Gasteiger partial charge in [-0.15, -0.1) is 0 Å². The maximum Gasteiger partial charge on any atom is 0.0782 e. The van der Waals surface area contributed by atoms with Gasteiger partial charge in [-0.1, -0.05) is 141 Å². The molecule has 224 valence electrons. The second kappa shape index (κ2) is 10.6. The van der Waals surface area contributed by atoms with Gasteiger partial charge in [-0.05, 0) is 70.3 Å². The molecule has 0 radical (unpaired) electrons. The van der Waals surface area contributed by atoms with Crippen molar-refractivity contribution in [2.75, 3.05) is 4.90 Å². The fraction of sp³-hybridized carbons (Fsp3) is 0.0667. The molecule has 9 rings (SSSR count). The SMILES string of the molecule is CC1(C)c2ccccc2-c2ccc(N(c3ccccc3-c3ccccc3)c3cccc4c5ccccc5n(-c5ccccc5)c34)cc21. The molecule has 1 aliphatic rings.